The number of amides is 1. The fourth-order valence-corrected chi connectivity index (χ4v) is 2.71. The maximum atomic E-state index is 14.0. The van der Waals surface area contributed by atoms with E-state index in [2.05, 4.69) is 9.47 Å². The number of hydrogen-bond donors (Lipinski definition) is 3. The van der Waals surface area contributed by atoms with Gasteiger partial charge in [0.05, 0.1) is 13.2 Å². The van der Waals surface area contributed by atoms with Crippen LogP contribution in [0.25, 0.3) is 0 Å². The van der Waals surface area contributed by atoms with E-state index >= 15 is 0 Å². The molecular formula is C19H22F6N2O6. The summed E-state index contributed by atoms with van der Waals surface area (Å²) < 4.78 is 91.6. The Hall–Kier alpha value is -3.03. The number of anilines is 1. The Kier molecular flexibility index (Phi) is 8.36. The highest BCUT2D eigenvalue weighted by Gasteiger charge is 2.64. The topological polar surface area (TPSA) is 114 Å². The van der Waals surface area contributed by atoms with E-state index in [0.717, 1.165) is 6.07 Å². The number of esters is 2. The van der Waals surface area contributed by atoms with Gasteiger partial charge in [0, 0.05) is 18.2 Å². The molecule has 0 saturated carbocycles. The molecule has 0 heterocycles. The summed E-state index contributed by atoms with van der Waals surface area (Å²) in [4.78, 5) is 35.7. The van der Waals surface area contributed by atoms with Crippen LogP contribution in [0.1, 0.15) is 31.9 Å². The third-order valence-corrected chi connectivity index (χ3v) is 4.33. The quantitative estimate of drug-likeness (QED) is 0.293. The minimum Gasteiger partial charge on any atom is -0.463 e. The molecule has 14 heteroatoms. The maximum Gasteiger partial charge on any atom is 0.441 e. The number of halogens is 6. The molecule has 1 aromatic rings. The monoisotopic (exact) mass is 488 g/mol. The van der Waals surface area contributed by atoms with Crippen molar-refractivity contribution < 1.29 is 55.3 Å². The van der Waals surface area contributed by atoms with E-state index in [0.29, 0.717) is 19.1 Å². The average molecular weight is 488 g/mol. The van der Waals surface area contributed by atoms with E-state index in [4.69, 9.17) is 0 Å². The van der Waals surface area contributed by atoms with Crippen LogP contribution in [0, 0.1) is 6.92 Å². The van der Waals surface area contributed by atoms with Gasteiger partial charge in [0.1, 0.15) is 0 Å². The summed E-state index contributed by atoms with van der Waals surface area (Å²) in [7, 11) is 0. The number of benzene rings is 1. The van der Waals surface area contributed by atoms with Crippen molar-refractivity contribution >= 4 is 23.5 Å². The van der Waals surface area contributed by atoms with Crippen LogP contribution < -0.4 is 10.6 Å². The SMILES string of the molecule is CCOC(=O)[C@](NC(C)=O)(Nc1cc([C@](O)(C(=O)OCC)C(F)(F)F)ccc1C)C(F)(F)F. The molecular weight excluding hydrogens is 466 g/mol. The van der Waals surface area contributed by atoms with Crippen molar-refractivity contribution in [1.82, 2.24) is 5.32 Å². The summed E-state index contributed by atoms with van der Waals surface area (Å²) in [6, 6.07) is 1.91. The van der Waals surface area contributed by atoms with Crippen LogP contribution in [0.4, 0.5) is 32.0 Å². The molecule has 0 aliphatic heterocycles. The van der Waals surface area contributed by atoms with Gasteiger partial charge in [-0.05, 0) is 32.4 Å². The van der Waals surface area contributed by atoms with Crippen LogP contribution in [0.3, 0.4) is 0 Å². The second kappa shape index (κ2) is 9.85. The van der Waals surface area contributed by atoms with E-state index in [1.165, 1.54) is 26.1 Å². The minimum atomic E-state index is -5.62. The highest BCUT2D eigenvalue weighted by atomic mass is 19.4. The molecule has 0 unspecified atom stereocenters. The van der Waals surface area contributed by atoms with Crippen LogP contribution in [-0.4, -0.2) is 54.2 Å². The smallest absolute Gasteiger partial charge is 0.441 e. The van der Waals surface area contributed by atoms with Crippen molar-refractivity contribution in [3.8, 4) is 0 Å². The Morgan fingerprint density at radius 3 is 1.88 bits per heavy atom. The first kappa shape index (κ1) is 28.0. The highest BCUT2D eigenvalue weighted by Crippen LogP contribution is 2.42. The zero-order valence-corrected chi connectivity index (χ0v) is 17.9. The average Bonchev–Trinajstić information content (AvgIpc) is 2.66. The highest BCUT2D eigenvalue weighted by molar-refractivity contribution is 5.91. The lowest BCUT2D eigenvalue weighted by molar-refractivity contribution is -0.267. The number of alkyl halides is 6. The lowest BCUT2D eigenvalue weighted by Crippen LogP contribution is -2.69. The first-order chi connectivity index (χ1) is 15.0. The molecule has 0 radical (unpaired) electrons. The normalized spacial score (nSPS) is 15.6. The van der Waals surface area contributed by atoms with Gasteiger partial charge in [0.15, 0.2) is 0 Å². The molecule has 0 spiro atoms. The Balaban J connectivity index is 3.78. The van der Waals surface area contributed by atoms with Gasteiger partial charge in [-0.25, -0.2) is 9.59 Å². The van der Waals surface area contributed by atoms with Crippen LogP contribution in [0.2, 0.25) is 0 Å². The summed E-state index contributed by atoms with van der Waals surface area (Å²) in [6.07, 6.45) is -11.2. The predicted molar refractivity (Wildman–Crippen MR) is 101 cm³/mol. The van der Waals surface area contributed by atoms with E-state index in [1.54, 1.807) is 5.32 Å². The maximum absolute atomic E-state index is 14.0. The number of carbonyl (C=O) groups is 3. The van der Waals surface area contributed by atoms with Crippen molar-refractivity contribution in [1.29, 1.82) is 0 Å². The fraction of sp³-hybridized carbons (Fsp3) is 0.526. The third-order valence-electron chi connectivity index (χ3n) is 4.33. The number of carbonyl (C=O) groups excluding carboxylic acids is 3. The zero-order chi connectivity index (χ0) is 25.8. The molecule has 33 heavy (non-hydrogen) atoms. The van der Waals surface area contributed by atoms with E-state index in [9.17, 15) is 45.8 Å². The molecule has 0 aliphatic carbocycles. The Labute approximate surface area is 184 Å². The molecule has 8 nitrogen and oxygen atoms in total. The van der Waals surface area contributed by atoms with Gasteiger partial charge in [0.25, 0.3) is 5.60 Å². The number of rotatable bonds is 8. The molecule has 1 aromatic carbocycles. The number of aliphatic hydroxyl groups is 1. The number of nitrogens with one attached hydrogen (secondary N) is 2. The van der Waals surface area contributed by atoms with Gasteiger partial charge in [0.2, 0.25) is 5.91 Å². The largest absolute Gasteiger partial charge is 0.463 e. The Bertz CT molecular complexity index is 904. The fourth-order valence-electron chi connectivity index (χ4n) is 2.71. The summed E-state index contributed by atoms with van der Waals surface area (Å²) in [5, 5.41) is 13.3. The molecule has 0 saturated heterocycles. The Morgan fingerprint density at radius 1 is 0.939 bits per heavy atom. The van der Waals surface area contributed by atoms with Crippen LogP contribution >= 0.6 is 0 Å². The molecule has 3 N–H and O–H groups in total. The second-order valence-electron chi connectivity index (χ2n) is 6.73. The number of aryl methyl sites for hydroxylation is 1. The molecule has 0 aromatic heterocycles. The standard InChI is InChI=1S/C19H22F6N2O6/c1-5-32-14(29)16(31,18(20,21)22)12-8-7-10(3)13(9-12)27-17(19(23,24)25,26-11(4)28)15(30)33-6-2/h7-9,27,31H,5-6H2,1-4H3,(H,26,28)/t16-,17-/m0/s1. The lowest BCUT2D eigenvalue weighted by Gasteiger charge is -2.36. The molecule has 0 fully saturated rings. The van der Waals surface area contributed by atoms with Crippen molar-refractivity contribution in [2.75, 3.05) is 18.5 Å². The van der Waals surface area contributed by atoms with Crippen LogP contribution in [0.15, 0.2) is 18.2 Å². The zero-order valence-electron chi connectivity index (χ0n) is 17.9. The summed E-state index contributed by atoms with van der Waals surface area (Å²) in [5.74, 6) is -5.42. The molecule has 2 atom stereocenters. The van der Waals surface area contributed by atoms with Crippen molar-refractivity contribution in [2.24, 2.45) is 0 Å². The van der Waals surface area contributed by atoms with Crippen LogP contribution in [0.5, 0.6) is 0 Å². The van der Waals surface area contributed by atoms with Gasteiger partial charge < -0.3 is 25.2 Å². The Morgan fingerprint density at radius 2 is 1.45 bits per heavy atom. The van der Waals surface area contributed by atoms with E-state index < -0.39 is 65.9 Å². The first-order valence-corrected chi connectivity index (χ1v) is 9.36. The minimum absolute atomic E-state index is 0.129. The van der Waals surface area contributed by atoms with Gasteiger partial charge in [-0.2, -0.15) is 26.3 Å². The number of ether oxygens (including phenoxy) is 2. The summed E-state index contributed by atoms with van der Waals surface area (Å²) >= 11 is 0. The molecule has 0 aliphatic rings. The van der Waals surface area contributed by atoms with Crippen molar-refractivity contribution in [2.45, 2.75) is 51.3 Å². The van der Waals surface area contributed by atoms with Crippen molar-refractivity contribution in [3.63, 3.8) is 0 Å². The van der Waals surface area contributed by atoms with Crippen LogP contribution in [-0.2, 0) is 29.5 Å². The van der Waals surface area contributed by atoms with Gasteiger partial charge in [-0.15, -0.1) is 0 Å². The third kappa shape index (κ3) is 5.49. The number of hydrogen-bond acceptors (Lipinski definition) is 7. The molecule has 1 amide bonds. The van der Waals surface area contributed by atoms with Gasteiger partial charge in [-0.3, -0.25) is 4.79 Å². The molecule has 1 rings (SSSR count). The lowest BCUT2D eigenvalue weighted by atomic mass is 9.91. The predicted octanol–water partition coefficient (Wildman–Crippen LogP) is 2.68. The van der Waals surface area contributed by atoms with Gasteiger partial charge in [-0.1, -0.05) is 12.1 Å². The second-order valence-corrected chi connectivity index (χ2v) is 6.73. The van der Waals surface area contributed by atoms with Crippen molar-refractivity contribution in [3.05, 3.63) is 29.3 Å². The molecule has 186 valence electrons. The van der Waals surface area contributed by atoms with E-state index in [-0.39, 0.29) is 5.56 Å². The van der Waals surface area contributed by atoms with Gasteiger partial charge >= 0.3 is 30.0 Å². The molecule has 0 bridgehead atoms. The van der Waals surface area contributed by atoms with E-state index in [1.807, 2.05) is 0 Å². The summed E-state index contributed by atoms with van der Waals surface area (Å²) in [5.41, 5.74) is -10.2. The first-order valence-electron chi connectivity index (χ1n) is 9.36. The summed E-state index contributed by atoms with van der Waals surface area (Å²) in [6.45, 7) is 3.17.